The summed E-state index contributed by atoms with van der Waals surface area (Å²) in [6.45, 7) is 3.66. The van der Waals surface area contributed by atoms with E-state index >= 15 is 0 Å². The zero-order chi connectivity index (χ0) is 7.11. The molecular formula is C5H7BrN2O. The van der Waals surface area contributed by atoms with Crippen LogP contribution in [0, 0.1) is 0 Å². The summed E-state index contributed by atoms with van der Waals surface area (Å²) in [5, 5.41) is 3.67. The molecule has 0 atom stereocenters. The van der Waals surface area contributed by atoms with Crippen molar-refractivity contribution < 1.29 is 4.79 Å². The van der Waals surface area contributed by atoms with Crippen molar-refractivity contribution >= 4 is 26.8 Å². The summed E-state index contributed by atoms with van der Waals surface area (Å²) in [7, 11) is 0. The maximum atomic E-state index is 9.70. The number of carbonyl (C=O) groups excluding carboxylic acids is 1. The molecule has 0 amide bonds. The van der Waals surface area contributed by atoms with Gasteiger partial charge in [-0.2, -0.15) is 5.10 Å². The fourth-order valence-corrected chi connectivity index (χ4v) is 0.329. The van der Waals surface area contributed by atoms with Gasteiger partial charge in [-0.25, -0.2) is 0 Å². The highest BCUT2D eigenvalue weighted by Gasteiger charge is 1.80. The first-order valence-electron chi connectivity index (χ1n) is 2.33. The van der Waals surface area contributed by atoms with Crippen molar-refractivity contribution in [3.8, 4) is 0 Å². The molecule has 0 rings (SSSR count). The molecule has 0 aromatic carbocycles. The van der Waals surface area contributed by atoms with Crippen LogP contribution in [0.3, 0.4) is 0 Å². The van der Waals surface area contributed by atoms with E-state index in [2.05, 4.69) is 33.0 Å². The van der Waals surface area contributed by atoms with Gasteiger partial charge in [-0.1, -0.05) is 6.58 Å². The third-order valence-electron chi connectivity index (χ3n) is 0.529. The number of rotatable bonds is 4. The molecule has 0 aliphatic heterocycles. The van der Waals surface area contributed by atoms with Crippen LogP contribution in [0.2, 0.25) is 0 Å². The Labute approximate surface area is 62.0 Å². The molecule has 0 aromatic rings. The fraction of sp³-hybridized carbons (Fsp3) is 0.200. The molecule has 0 bridgehead atoms. The Bertz CT molecular complexity index is 133. The van der Waals surface area contributed by atoms with Crippen LogP contribution in [0.25, 0.3) is 0 Å². The highest BCUT2D eigenvalue weighted by molar-refractivity contribution is 9.18. The molecule has 0 aliphatic rings. The van der Waals surface area contributed by atoms with Crippen LogP contribution in [0.15, 0.2) is 17.8 Å². The predicted octanol–water partition coefficient (Wildman–Crippen LogP) is 0.669. The smallest absolute Gasteiger partial charge is 0.140 e. The summed E-state index contributed by atoms with van der Waals surface area (Å²) >= 11 is 3.06. The van der Waals surface area contributed by atoms with Crippen molar-refractivity contribution in [2.75, 3.05) is 6.54 Å². The second-order valence-electron chi connectivity index (χ2n) is 1.17. The third-order valence-corrected chi connectivity index (χ3v) is 1.03. The molecular weight excluding hydrogens is 184 g/mol. The number of nitrogens with one attached hydrogen (secondary N) is 1. The zero-order valence-corrected chi connectivity index (χ0v) is 6.39. The van der Waals surface area contributed by atoms with Gasteiger partial charge < -0.3 is 10.2 Å². The lowest BCUT2D eigenvalue weighted by atomic mass is 10.7. The quantitative estimate of drug-likeness (QED) is 0.307. The van der Waals surface area contributed by atoms with Gasteiger partial charge in [-0.05, 0) is 22.0 Å². The lowest BCUT2D eigenvalue weighted by Gasteiger charge is -1.89. The highest BCUT2D eigenvalue weighted by Crippen LogP contribution is 1.86. The van der Waals surface area contributed by atoms with Gasteiger partial charge in [-0.15, -0.1) is 0 Å². The summed E-state index contributed by atoms with van der Waals surface area (Å²) in [5.41, 5.74) is 2.49. The topological polar surface area (TPSA) is 41.5 Å². The number of hydrogen-bond acceptors (Lipinski definition) is 3. The molecule has 9 heavy (non-hydrogen) atoms. The van der Waals surface area contributed by atoms with Gasteiger partial charge in [0.15, 0.2) is 0 Å². The van der Waals surface area contributed by atoms with Crippen molar-refractivity contribution in [1.82, 2.24) is 5.43 Å². The molecule has 4 heteroatoms. The minimum atomic E-state index is 0.225. The highest BCUT2D eigenvalue weighted by atomic mass is 79.9. The van der Waals surface area contributed by atoms with E-state index in [0.717, 1.165) is 6.29 Å². The molecule has 0 aromatic heterocycles. The van der Waals surface area contributed by atoms with Gasteiger partial charge in [0, 0.05) is 0 Å². The van der Waals surface area contributed by atoms with Crippen LogP contribution in [-0.4, -0.2) is 17.5 Å². The summed E-state index contributed by atoms with van der Waals surface area (Å²) in [6, 6.07) is 0. The van der Waals surface area contributed by atoms with Crippen LogP contribution in [0.1, 0.15) is 0 Å². The molecule has 0 saturated carbocycles. The monoisotopic (exact) mass is 190 g/mol. The van der Waals surface area contributed by atoms with Crippen molar-refractivity contribution in [3.05, 3.63) is 12.7 Å². The van der Waals surface area contributed by atoms with Crippen LogP contribution >= 0.6 is 15.9 Å². The summed E-state index contributed by atoms with van der Waals surface area (Å²) in [6.07, 6.45) is 2.25. The van der Waals surface area contributed by atoms with E-state index < -0.39 is 0 Å². The first kappa shape index (κ1) is 8.36. The van der Waals surface area contributed by atoms with E-state index in [1.807, 2.05) is 0 Å². The van der Waals surface area contributed by atoms with Crippen LogP contribution in [-0.2, 0) is 4.79 Å². The Balaban J connectivity index is 3.42. The van der Waals surface area contributed by atoms with E-state index in [9.17, 15) is 4.79 Å². The Kier molecular flexibility index (Phi) is 5.11. The van der Waals surface area contributed by atoms with E-state index in [1.54, 1.807) is 0 Å². The zero-order valence-electron chi connectivity index (χ0n) is 4.80. The fourth-order valence-electron chi connectivity index (χ4n) is 0.204. The van der Waals surface area contributed by atoms with E-state index in [0.29, 0.717) is 4.62 Å². The van der Waals surface area contributed by atoms with Crippen molar-refractivity contribution in [1.29, 1.82) is 0 Å². The summed E-state index contributed by atoms with van der Waals surface area (Å²) < 4.78 is 0.587. The van der Waals surface area contributed by atoms with Crippen molar-refractivity contribution in [3.63, 3.8) is 0 Å². The minimum Gasteiger partial charge on any atom is -0.302 e. The molecule has 0 unspecified atom stereocenters. The lowest BCUT2D eigenvalue weighted by molar-refractivity contribution is -0.107. The predicted molar refractivity (Wildman–Crippen MR) is 40.6 cm³/mol. The molecule has 0 fully saturated rings. The van der Waals surface area contributed by atoms with Crippen molar-refractivity contribution in [2.45, 2.75) is 0 Å². The summed E-state index contributed by atoms with van der Waals surface area (Å²) in [5.74, 6) is 0. The first-order valence-corrected chi connectivity index (χ1v) is 3.12. The average molecular weight is 191 g/mol. The minimum absolute atomic E-state index is 0.225. The van der Waals surface area contributed by atoms with Gasteiger partial charge >= 0.3 is 0 Å². The average Bonchev–Trinajstić information content (AvgIpc) is 1.89. The molecule has 50 valence electrons. The number of nitrogens with zero attached hydrogens (tertiary/aromatic N) is 1. The Morgan fingerprint density at radius 2 is 2.56 bits per heavy atom. The second kappa shape index (κ2) is 5.50. The van der Waals surface area contributed by atoms with Gasteiger partial charge in [0.2, 0.25) is 0 Å². The van der Waals surface area contributed by atoms with Gasteiger partial charge in [0.25, 0.3) is 0 Å². The van der Waals surface area contributed by atoms with E-state index in [4.69, 9.17) is 0 Å². The normalized spacial score (nSPS) is 10.6. The number of aldehydes is 1. The second-order valence-corrected chi connectivity index (χ2v) is 1.98. The maximum Gasteiger partial charge on any atom is 0.140 e. The van der Waals surface area contributed by atoms with Gasteiger partial charge in [0.1, 0.15) is 10.9 Å². The number of hydrogen-bond donors (Lipinski definition) is 1. The SMILES string of the molecule is C=C/C(Br)=N\NCC=O. The van der Waals surface area contributed by atoms with Gasteiger partial charge in [0.05, 0.1) is 6.54 Å². The first-order chi connectivity index (χ1) is 4.31. The van der Waals surface area contributed by atoms with E-state index in [-0.39, 0.29) is 6.54 Å². The standard InChI is InChI=1S/C5H7BrN2O/c1-2-5(6)8-7-3-4-9/h2,4,7H,1,3H2/b8-5+. The molecule has 0 heterocycles. The maximum absolute atomic E-state index is 9.70. The van der Waals surface area contributed by atoms with Gasteiger partial charge in [-0.3, -0.25) is 0 Å². The van der Waals surface area contributed by atoms with Crippen LogP contribution < -0.4 is 5.43 Å². The van der Waals surface area contributed by atoms with E-state index in [1.165, 1.54) is 6.08 Å². The Morgan fingerprint density at radius 3 is 3.00 bits per heavy atom. The van der Waals surface area contributed by atoms with Crippen LogP contribution in [0.4, 0.5) is 0 Å². The molecule has 0 radical (unpaired) electrons. The molecule has 3 nitrogen and oxygen atoms in total. The Morgan fingerprint density at radius 1 is 1.89 bits per heavy atom. The lowest BCUT2D eigenvalue weighted by Crippen LogP contribution is -2.09. The number of allylic oxidation sites excluding steroid dienone is 1. The molecule has 1 N–H and O–H groups in total. The number of carbonyl (C=O) groups is 1. The molecule has 0 spiro atoms. The van der Waals surface area contributed by atoms with Crippen molar-refractivity contribution in [2.24, 2.45) is 5.10 Å². The van der Waals surface area contributed by atoms with Crippen LogP contribution in [0.5, 0.6) is 0 Å². The number of hydrazone groups is 1. The third kappa shape index (κ3) is 5.23. The molecule has 0 aliphatic carbocycles. The summed E-state index contributed by atoms with van der Waals surface area (Å²) in [4.78, 5) is 9.70. The Hall–Kier alpha value is -0.640. The largest absolute Gasteiger partial charge is 0.302 e. The number of halogens is 1. The molecule has 0 saturated heterocycles.